The van der Waals surface area contributed by atoms with Crippen molar-refractivity contribution < 1.29 is 9.21 Å². The normalized spacial score (nSPS) is 10.7. The fourth-order valence-corrected chi connectivity index (χ4v) is 2.98. The molecule has 3 heterocycles. The summed E-state index contributed by atoms with van der Waals surface area (Å²) < 4.78 is 5.49. The summed E-state index contributed by atoms with van der Waals surface area (Å²) in [5.41, 5.74) is 3.16. The van der Waals surface area contributed by atoms with E-state index in [1.807, 2.05) is 31.4 Å². The van der Waals surface area contributed by atoms with Gasteiger partial charge in [0.15, 0.2) is 5.13 Å². The molecule has 0 saturated carbocycles. The lowest BCUT2D eigenvalue weighted by Crippen LogP contribution is -2.13. The number of carbonyl (C=O) groups excluding carboxylic acids is 1. The third-order valence-corrected chi connectivity index (χ3v) is 4.23. The zero-order valence-electron chi connectivity index (χ0n) is 12.5. The topological polar surface area (TPSA) is 68.0 Å². The van der Waals surface area contributed by atoms with Crippen molar-refractivity contribution in [3.8, 4) is 11.3 Å². The van der Waals surface area contributed by atoms with Gasteiger partial charge in [-0.3, -0.25) is 15.1 Å². The molecule has 3 aromatic heterocycles. The maximum absolute atomic E-state index is 12.4. The van der Waals surface area contributed by atoms with E-state index in [2.05, 4.69) is 15.3 Å². The van der Waals surface area contributed by atoms with Crippen LogP contribution in [0.15, 0.2) is 34.3 Å². The SMILES string of the molecule is Cc1oc(C)c(C(=O)Nc2nc(-c3cccnc3)cs2)c1C. The molecule has 0 fully saturated rings. The standard InChI is InChI=1S/C16H15N3O2S/c1-9-10(2)21-11(3)14(9)15(20)19-16-18-13(8-22-16)12-5-4-6-17-7-12/h4-8H,1-3H3,(H,18,19,20). The number of aromatic nitrogens is 2. The number of rotatable bonds is 3. The highest BCUT2D eigenvalue weighted by Gasteiger charge is 2.19. The molecule has 0 aliphatic rings. The molecule has 0 saturated heterocycles. The number of thiazole rings is 1. The van der Waals surface area contributed by atoms with Gasteiger partial charge in [0, 0.05) is 28.9 Å². The van der Waals surface area contributed by atoms with E-state index in [4.69, 9.17) is 4.42 Å². The van der Waals surface area contributed by atoms with Gasteiger partial charge in [-0.2, -0.15) is 0 Å². The van der Waals surface area contributed by atoms with Crippen molar-refractivity contribution in [3.05, 3.63) is 52.6 Å². The Balaban J connectivity index is 1.82. The molecule has 112 valence electrons. The molecule has 6 heteroatoms. The maximum Gasteiger partial charge on any atom is 0.261 e. The van der Waals surface area contributed by atoms with Crippen molar-refractivity contribution in [2.24, 2.45) is 0 Å². The summed E-state index contributed by atoms with van der Waals surface area (Å²) in [6, 6.07) is 3.79. The summed E-state index contributed by atoms with van der Waals surface area (Å²) in [5.74, 6) is 1.19. The fraction of sp³-hybridized carbons (Fsp3) is 0.188. The lowest BCUT2D eigenvalue weighted by Gasteiger charge is -2.01. The van der Waals surface area contributed by atoms with Gasteiger partial charge < -0.3 is 4.42 Å². The van der Waals surface area contributed by atoms with Crippen LogP contribution in [0, 0.1) is 20.8 Å². The van der Waals surface area contributed by atoms with Gasteiger partial charge in [-0.25, -0.2) is 4.98 Å². The van der Waals surface area contributed by atoms with Crippen molar-refractivity contribution in [3.63, 3.8) is 0 Å². The van der Waals surface area contributed by atoms with E-state index < -0.39 is 0 Å². The molecule has 0 unspecified atom stereocenters. The number of aryl methyl sites for hydroxylation is 2. The second kappa shape index (κ2) is 5.73. The molecule has 3 rings (SSSR count). The van der Waals surface area contributed by atoms with Crippen molar-refractivity contribution in [1.82, 2.24) is 9.97 Å². The predicted octanol–water partition coefficient (Wildman–Crippen LogP) is 3.98. The molecule has 0 radical (unpaired) electrons. The van der Waals surface area contributed by atoms with Gasteiger partial charge in [0.25, 0.3) is 5.91 Å². The van der Waals surface area contributed by atoms with Crippen LogP contribution in [0.3, 0.4) is 0 Å². The summed E-state index contributed by atoms with van der Waals surface area (Å²) >= 11 is 1.38. The first-order chi connectivity index (χ1) is 10.6. The highest BCUT2D eigenvalue weighted by molar-refractivity contribution is 7.14. The Kier molecular flexibility index (Phi) is 3.77. The molecular formula is C16H15N3O2S. The molecule has 0 aromatic carbocycles. The number of carbonyl (C=O) groups is 1. The minimum Gasteiger partial charge on any atom is -0.466 e. The maximum atomic E-state index is 12.4. The third kappa shape index (κ3) is 2.65. The molecule has 0 aliphatic heterocycles. The monoisotopic (exact) mass is 313 g/mol. The Morgan fingerprint density at radius 2 is 2.09 bits per heavy atom. The molecular weight excluding hydrogens is 298 g/mol. The minimum atomic E-state index is -0.195. The van der Waals surface area contributed by atoms with E-state index in [9.17, 15) is 4.79 Å². The van der Waals surface area contributed by atoms with Crippen molar-refractivity contribution >= 4 is 22.4 Å². The molecule has 1 N–H and O–H groups in total. The number of nitrogens with zero attached hydrogens (tertiary/aromatic N) is 2. The first-order valence-corrected chi connectivity index (χ1v) is 7.68. The molecule has 3 aromatic rings. The van der Waals surface area contributed by atoms with Gasteiger partial charge in [0.2, 0.25) is 0 Å². The van der Waals surface area contributed by atoms with E-state index in [1.165, 1.54) is 11.3 Å². The summed E-state index contributed by atoms with van der Waals surface area (Å²) in [4.78, 5) is 20.9. The molecule has 0 spiro atoms. The van der Waals surface area contributed by atoms with Crippen LogP contribution in [0.4, 0.5) is 5.13 Å². The fourth-order valence-electron chi connectivity index (χ4n) is 2.27. The van der Waals surface area contributed by atoms with Gasteiger partial charge in [-0.1, -0.05) is 0 Å². The van der Waals surface area contributed by atoms with Crippen LogP contribution in [-0.2, 0) is 0 Å². The summed E-state index contributed by atoms with van der Waals surface area (Å²) in [6.07, 6.45) is 3.46. The number of hydrogen-bond donors (Lipinski definition) is 1. The van der Waals surface area contributed by atoms with Crippen LogP contribution in [-0.4, -0.2) is 15.9 Å². The lowest BCUT2D eigenvalue weighted by molar-refractivity contribution is 0.102. The molecule has 0 atom stereocenters. The van der Waals surface area contributed by atoms with E-state index in [0.717, 1.165) is 22.6 Å². The van der Waals surface area contributed by atoms with E-state index >= 15 is 0 Å². The second-order valence-corrected chi connectivity index (χ2v) is 5.81. The highest BCUT2D eigenvalue weighted by Crippen LogP contribution is 2.26. The first kappa shape index (κ1) is 14.5. The Hall–Kier alpha value is -2.47. The Morgan fingerprint density at radius 3 is 2.73 bits per heavy atom. The summed E-state index contributed by atoms with van der Waals surface area (Å²) in [5, 5.41) is 5.28. The average Bonchev–Trinajstić information content (AvgIpc) is 3.05. The van der Waals surface area contributed by atoms with Crippen LogP contribution in [0.1, 0.15) is 27.4 Å². The highest BCUT2D eigenvalue weighted by atomic mass is 32.1. The lowest BCUT2D eigenvalue weighted by atomic mass is 10.1. The molecule has 5 nitrogen and oxygen atoms in total. The van der Waals surface area contributed by atoms with E-state index in [-0.39, 0.29) is 5.91 Å². The number of amides is 1. The van der Waals surface area contributed by atoms with E-state index in [1.54, 1.807) is 19.3 Å². The minimum absolute atomic E-state index is 0.195. The smallest absolute Gasteiger partial charge is 0.261 e. The molecule has 0 aliphatic carbocycles. The number of pyridine rings is 1. The average molecular weight is 313 g/mol. The van der Waals surface area contributed by atoms with Crippen LogP contribution < -0.4 is 5.32 Å². The summed E-state index contributed by atoms with van der Waals surface area (Å²) in [7, 11) is 0. The largest absolute Gasteiger partial charge is 0.466 e. The third-order valence-electron chi connectivity index (χ3n) is 3.47. The van der Waals surface area contributed by atoms with Gasteiger partial charge in [0.1, 0.15) is 11.5 Å². The number of anilines is 1. The second-order valence-electron chi connectivity index (χ2n) is 4.95. The van der Waals surface area contributed by atoms with Crippen molar-refractivity contribution in [2.45, 2.75) is 20.8 Å². The predicted molar refractivity (Wildman–Crippen MR) is 86.2 cm³/mol. The van der Waals surface area contributed by atoms with E-state index in [0.29, 0.717) is 16.5 Å². The molecule has 1 amide bonds. The van der Waals surface area contributed by atoms with Gasteiger partial charge in [0.05, 0.1) is 11.3 Å². The van der Waals surface area contributed by atoms with Crippen LogP contribution >= 0.6 is 11.3 Å². The van der Waals surface area contributed by atoms with Gasteiger partial charge in [-0.05, 0) is 32.9 Å². The van der Waals surface area contributed by atoms with Gasteiger partial charge >= 0.3 is 0 Å². The zero-order chi connectivity index (χ0) is 15.7. The Morgan fingerprint density at radius 1 is 1.27 bits per heavy atom. The Bertz CT molecular complexity index is 821. The first-order valence-electron chi connectivity index (χ1n) is 6.80. The molecule has 22 heavy (non-hydrogen) atoms. The number of nitrogens with one attached hydrogen (secondary N) is 1. The van der Waals surface area contributed by atoms with Crippen molar-refractivity contribution in [2.75, 3.05) is 5.32 Å². The van der Waals surface area contributed by atoms with Crippen LogP contribution in [0.2, 0.25) is 0 Å². The summed E-state index contributed by atoms with van der Waals surface area (Å²) in [6.45, 7) is 5.52. The number of furan rings is 1. The van der Waals surface area contributed by atoms with Crippen LogP contribution in [0.25, 0.3) is 11.3 Å². The van der Waals surface area contributed by atoms with Crippen molar-refractivity contribution in [1.29, 1.82) is 0 Å². The zero-order valence-corrected chi connectivity index (χ0v) is 13.3. The number of hydrogen-bond acceptors (Lipinski definition) is 5. The Labute approximate surface area is 132 Å². The molecule has 0 bridgehead atoms. The quantitative estimate of drug-likeness (QED) is 0.794. The van der Waals surface area contributed by atoms with Gasteiger partial charge in [-0.15, -0.1) is 11.3 Å². The van der Waals surface area contributed by atoms with Crippen LogP contribution in [0.5, 0.6) is 0 Å².